The molecule has 5 rings (SSSR count). The van der Waals surface area contributed by atoms with Gasteiger partial charge in [0.15, 0.2) is 0 Å². The van der Waals surface area contributed by atoms with Crippen molar-refractivity contribution in [2.75, 3.05) is 0 Å². The van der Waals surface area contributed by atoms with E-state index < -0.39 is 0 Å². The minimum Gasteiger partial charge on any atom is -0.272 e. The molecular weight excluding hydrogens is 406 g/mol. The second kappa shape index (κ2) is 7.79. The summed E-state index contributed by atoms with van der Waals surface area (Å²) in [6.07, 6.45) is 10.7. The van der Waals surface area contributed by atoms with Crippen molar-refractivity contribution in [3.8, 4) is 28.5 Å². The van der Waals surface area contributed by atoms with Crippen LogP contribution < -0.4 is 0 Å². The van der Waals surface area contributed by atoms with E-state index in [0.717, 1.165) is 39.8 Å². The van der Waals surface area contributed by atoms with Gasteiger partial charge >= 0.3 is 0 Å². The highest BCUT2D eigenvalue weighted by Crippen LogP contribution is 2.39. The molecule has 154 valence electrons. The van der Waals surface area contributed by atoms with Crippen LogP contribution in [-0.4, -0.2) is 19.7 Å². The van der Waals surface area contributed by atoms with Crippen LogP contribution in [0.15, 0.2) is 55.0 Å². The Balaban J connectivity index is 1.56. The second-order valence-electron chi connectivity index (χ2n) is 8.71. The van der Waals surface area contributed by atoms with E-state index in [-0.39, 0.29) is 0 Å². The van der Waals surface area contributed by atoms with Gasteiger partial charge in [-0.2, -0.15) is 10.4 Å². The van der Waals surface area contributed by atoms with E-state index >= 15 is 0 Å². The number of hydrogen-bond acceptors (Lipinski definition) is 4. The van der Waals surface area contributed by atoms with Gasteiger partial charge in [-0.15, -0.1) is 0 Å². The Labute approximate surface area is 186 Å². The van der Waals surface area contributed by atoms with Crippen LogP contribution in [-0.2, 0) is 6.54 Å². The molecular formula is C25H22ClN5. The van der Waals surface area contributed by atoms with Gasteiger partial charge in [0.05, 0.1) is 22.4 Å². The third-order valence-electron chi connectivity index (χ3n) is 6.23. The maximum Gasteiger partial charge on any atom is 0.141 e. The third kappa shape index (κ3) is 3.92. The summed E-state index contributed by atoms with van der Waals surface area (Å²) in [5.41, 5.74) is 5.15. The molecule has 1 aliphatic rings. The molecule has 0 radical (unpaired) electrons. The molecule has 3 aromatic heterocycles. The topological polar surface area (TPSA) is 67.4 Å². The van der Waals surface area contributed by atoms with Crippen molar-refractivity contribution in [2.24, 2.45) is 5.41 Å². The maximum absolute atomic E-state index is 9.41. The van der Waals surface area contributed by atoms with E-state index in [1.54, 1.807) is 12.3 Å². The predicted octanol–water partition coefficient (Wildman–Crippen LogP) is 6.27. The van der Waals surface area contributed by atoms with Gasteiger partial charge < -0.3 is 0 Å². The Kier molecular flexibility index (Phi) is 4.95. The van der Waals surface area contributed by atoms with E-state index in [1.165, 1.54) is 25.7 Å². The lowest BCUT2D eigenvalue weighted by atomic mass is 9.89. The Morgan fingerprint density at radius 3 is 2.74 bits per heavy atom. The molecule has 31 heavy (non-hydrogen) atoms. The third-order valence-corrected chi connectivity index (χ3v) is 6.44. The van der Waals surface area contributed by atoms with E-state index in [4.69, 9.17) is 11.6 Å². The summed E-state index contributed by atoms with van der Waals surface area (Å²) in [4.78, 5) is 9.08. The van der Waals surface area contributed by atoms with Crippen molar-refractivity contribution in [3.05, 3.63) is 65.7 Å². The van der Waals surface area contributed by atoms with Crippen LogP contribution in [0.1, 0.15) is 38.3 Å². The molecule has 1 aromatic carbocycles. The summed E-state index contributed by atoms with van der Waals surface area (Å²) >= 11 is 6.07. The highest BCUT2D eigenvalue weighted by Gasteiger charge is 2.29. The Hall–Kier alpha value is -3.23. The number of nitrogens with zero attached hydrogens (tertiary/aromatic N) is 5. The van der Waals surface area contributed by atoms with Crippen molar-refractivity contribution < 1.29 is 0 Å². The molecule has 0 aliphatic heterocycles. The van der Waals surface area contributed by atoms with Crippen molar-refractivity contribution in [1.82, 2.24) is 19.7 Å². The van der Waals surface area contributed by atoms with Crippen molar-refractivity contribution in [1.29, 1.82) is 5.26 Å². The van der Waals surface area contributed by atoms with Gasteiger partial charge in [-0.25, -0.2) is 4.98 Å². The average molecular weight is 428 g/mol. The van der Waals surface area contributed by atoms with Crippen LogP contribution in [0.3, 0.4) is 0 Å². The quantitative estimate of drug-likeness (QED) is 0.385. The first-order valence-corrected chi connectivity index (χ1v) is 10.9. The van der Waals surface area contributed by atoms with Crippen LogP contribution in [0.4, 0.5) is 0 Å². The lowest BCUT2D eigenvalue weighted by molar-refractivity contribution is 0.268. The Bertz CT molecular complexity index is 1310. The number of nitriles is 1. The van der Waals surface area contributed by atoms with Gasteiger partial charge in [0.25, 0.3) is 0 Å². The average Bonchev–Trinajstić information content (AvgIpc) is 3.42. The number of aromatic nitrogens is 4. The van der Waals surface area contributed by atoms with E-state index in [1.807, 2.05) is 41.2 Å². The standard InChI is InChI=1S/C25H22ClN5/c1-25(8-2-3-9-25)16-31-15-19(13-29-31)22-7-6-21(12-27)30-24(22)18-5-4-17-10-20(26)14-28-23(17)11-18/h4-7,10-11,13-15H,2-3,8-9,16H2,1H3. The molecule has 0 saturated heterocycles. The molecule has 4 aromatic rings. The summed E-state index contributed by atoms with van der Waals surface area (Å²) in [5, 5.41) is 15.6. The first-order chi connectivity index (χ1) is 15.0. The largest absolute Gasteiger partial charge is 0.272 e. The van der Waals surface area contributed by atoms with Crippen molar-refractivity contribution in [3.63, 3.8) is 0 Å². The predicted molar refractivity (Wildman–Crippen MR) is 122 cm³/mol. The number of rotatable bonds is 4. The molecule has 0 N–H and O–H groups in total. The lowest BCUT2D eigenvalue weighted by Crippen LogP contribution is -2.19. The highest BCUT2D eigenvalue weighted by molar-refractivity contribution is 6.31. The Morgan fingerprint density at radius 2 is 1.94 bits per heavy atom. The molecule has 0 unspecified atom stereocenters. The summed E-state index contributed by atoms with van der Waals surface area (Å²) in [5.74, 6) is 0. The molecule has 5 nitrogen and oxygen atoms in total. The fourth-order valence-electron chi connectivity index (χ4n) is 4.58. The summed E-state index contributed by atoms with van der Waals surface area (Å²) in [7, 11) is 0. The number of pyridine rings is 2. The molecule has 1 fully saturated rings. The van der Waals surface area contributed by atoms with Gasteiger partial charge in [0.1, 0.15) is 11.8 Å². The zero-order valence-corrected chi connectivity index (χ0v) is 18.1. The summed E-state index contributed by atoms with van der Waals surface area (Å²) in [6.45, 7) is 3.27. The van der Waals surface area contributed by atoms with E-state index in [2.05, 4.69) is 34.3 Å². The first-order valence-electron chi connectivity index (χ1n) is 10.5. The van der Waals surface area contributed by atoms with Gasteiger partial charge in [0.2, 0.25) is 0 Å². The summed E-state index contributed by atoms with van der Waals surface area (Å²) < 4.78 is 2.05. The normalized spacial score (nSPS) is 15.3. The molecule has 3 heterocycles. The Morgan fingerprint density at radius 1 is 1.10 bits per heavy atom. The molecule has 1 aliphatic carbocycles. The van der Waals surface area contributed by atoms with Crippen LogP contribution in [0.5, 0.6) is 0 Å². The molecule has 0 amide bonds. The van der Waals surface area contributed by atoms with Gasteiger partial charge in [-0.05, 0) is 42.5 Å². The summed E-state index contributed by atoms with van der Waals surface area (Å²) in [6, 6.07) is 13.7. The van der Waals surface area contributed by atoms with Crippen LogP contribution in [0, 0.1) is 16.7 Å². The fraction of sp³-hybridized carbons (Fsp3) is 0.280. The molecule has 0 spiro atoms. The van der Waals surface area contributed by atoms with Gasteiger partial charge in [0, 0.05) is 41.0 Å². The van der Waals surface area contributed by atoms with Gasteiger partial charge in [-0.1, -0.05) is 43.5 Å². The van der Waals surface area contributed by atoms with Gasteiger partial charge in [-0.3, -0.25) is 9.67 Å². The lowest BCUT2D eigenvalue weighted by Gasteiger charge is -2.22. The fourth-order valence-corrected chi connectivity index (χ4v) is 4.75. The second-order valence-corrected chi connectivity index (χ2v) is 9.15. The molecule has 0 atom stereocenters. The molecule has 0 bridgehead atoms. The number of halogens is 1. The monoisotopic (exact) mass is 427 g/mol. The smallest absolute Gasteiger partial charge is 0.141 e. The van der Waals surface area contributed by atoms with Crippen LogP contribution in [0.2, 0.25) is 5.02 Å². The van der Waals surface area contributed by atoms with Crippen LogP contribution in [0.25, 0.3) is 33.3 Å². The van der Waals surface area contributed by atoms with Crippen molar-refractivity contribution in [2.45, 2.75) is 39.2 Å². The number of benzene rings is 1. The maximum atomic E-state index is 9.41. The molecule has 1 saturated carbocycles. The zero-order chi connectivity index (χ0) is 21.4. The minimum absolute atomic E-state index is 0.320. The highest BCUT2D eigenvalue weighted by atomic mass is 35.5. The van der Waals surface area contributed by atoms with Crippen LogP contribution >= 0.6 is 11.6 Å². The van der Waals surface area contributed by atoms with E-state index in [9.17, 15) is 5.26 Å². The first kappa shape index (κ1) is 19.7. The minimum atomic E-state index is 0.320. The SMILES string of the molecule is CC1(Cn2cc(-c3ccc(C#N)nc3-c3ccc4cc(Cl)cnc4c3)cn2)CCCC1. The molecule has 6 heteroatoms. The van der Waals surface area contributed by atoms with E-state index in [0.29, 0.717) is 16.1 Å². The zero-order valence-electron chi connectivity index (χ0n) is 17.3. The number of fused-ring (bicyclic) bond motifs is 1. The van der Waals surface area contributed by atoms with Crippen molar-refractivity contribution >= 4 is 22.5 Å². The number of hydrogen-bond donors (Lipinski definition) is 0.